The number of rotatable bonds is 53. The summed E-state index contributed by atoms with van der Waals surface area (Å²) in [5.74, 6) is -1.04. The molecule has 1 atom stereocenters. The lowest BCUT2D eigenvalue weighted by atomic mass is 10.1. The van der Waals surface area contributed by atoms with Crippen LogP contribution in [-0.2, 0) is 28.6 Å². The molecule has 0 aromatic heterocycles. The van der Waals surface area contributed by atoms with Gasteiger partial charge in [0, 0.05) is 19.3 Å². The van der Waals surface area contributed by atoms with Crippen LogP contribution in [0.4, 0.5) is 0 Å². The number of ether oxygens (including phenoxy) is 3. The van der Waals surface area contributed by atoms with E-state index in [1.54, 1.807) is 0 Å². The Bertz CT molecular complexity index is 1790. The lowest BCUT2D eigenvalue weighted by molar-refractivity contribution is -0.166. The van der Waals surface area contributed by atoms with E-state index in [2.05, 4.69) is 179 Å². The summed E-state index contributed by atoms with van der Waals surface area (Å²) in [6.45, 7) is 6.21. The summed E-state index contributed by atoms with van der Waals surface area (Å²) < 4.78 is 16.8. The molecule has 6 heteroatoms. The van der Waals surface area contributed by atoms with E-state index in [1.807, 2.05) is 12.2 Å². The summed E-state index contributed by atoms with van der Waals surface area (Å²) in [5.41, 5.74) is 0. The first-order chi connectivity index (χ1) is 38.0. The van der Waals surface area contributed by atoms with Crippen molar-refractivity contribution in [2.75, 3.05) is 13.2 Å². The predicted molar refractivity (Wildman–Crippen MR) is 334 cm³/mol. The van der Waals surface area contributed by atoms with E-state index in [1.165, 1.54) is 38.5 Å². The SMILES string of the molecule is CC/C=C\C/C=C\C/C=C\C/C=C\C/C=C\C/C=C\CCC(=O)OC(COC(=O)CCCCCCC/C=C\C/C=C\C/C=C\CC)COC(=O)CCCCCCCCCCC/C=C\C/C=C\C/C=C\C/C=C\C/C=C\CC. The van der Waals surface area contributed by atoms with Crippen LogP contribution in [0.15, 0.2) is 170 Å². The van der Waals surface area contributed by atoms with Crippen molar-refractivity contribution in [2.45, 2.75) is 245 Å². The highest BCUT2D eigenvalue weighted by Gasteiger charge is 2.19. The lowest BCUT2D eigenvalue weighted by Gasteiger charge is -2.18. The van der Waals surface area contributed by atoms with Gasteiger partial charge in [-0.25, -0.2) is 0 Å². The first-order valence-electron chi connectivity index (χ1n) is 30.6. The van der Waals surface area contributed by atoms with Crippen molar-refractivity contribution >= 4 is 17.9 Å². The first-order valence-corrected chi connectivity index (χ1v) is 30.6. The molecule has 0 rings (SSSR count). The number of hydrogen-bond donors (Lipinski definition) is 0. The smallest absolute Gasteiger partial charge is 0.306 e. The largest absolute Gasteiger partial charge is 0.462 e. The van der Waals surface area contributed by atoms with Gasteiger partial charge in [-0.15, -0.1) is 0 Å². The topological polar surface area (TPSA) is 78.9 Å². The van der Waals surface area contributed by atoms with Gasteiger partial charge in [-0.05, 0) is 135 Å². The van der Waals surface area contributed by atoms with Crippen LogP contribution < -0.4 is 0 Å². The van der Waals surface area contributed by atoms with Crippen LogP contribution in [0.25, 0.3) is 0 Å². The summed E-state index contributed by atoms with van der Waals surface area (Å²) in [4.78, 5) is 38.2. The Balaban J connectivity index is 4.51. The number of esters is 3. The van der Waals surface area contributed by atoms with E-state index in [0.29, 0.717) is 19.3 Å². The molecule has 77 heavy (non-hydrogen) atoms. The summed E-state index contributed by atoms with van der Waals surface area (Å²) in [7, 11) is 0. The fourth-order valence-electron chi connectivity index (χ4n) is 7.74. The number of hydrogen-bond acceptors (Lipinski definition) is 6. The van der Waals surface area contributed by atoms with E-state index < -0.39 is 12.1 Å². The van der Waals surface area contributed by atoms with Gasteiger partial charge in [-0.1, -0.05) is 255 Å². The molecule has 0 aliphatic rings. The predicted octanol–water partition coefficient (Wildman–Crippen LogP) is 21.1. The molecule has 0 spiro atoms. The van der Waals surface area contributed by atoms with Gasteiger partial charge >= 0.3 is 17.9 Å². The molecule has 430 valence electrons. The van der Waals surface area contributed by atoms with Crippen molar-refractivity contribution < 1.29 is 28.6 Å². The molecule has 0 aliphatic carbocycles. The Morgan fingerprint density at radius 2 is 0.494 bits per heavy atom. The van der Waals surface area contributed by atoms with Gasteiger partial charge in [0.25, 0.3) is 0 Å². The molecule has 0 bridgehead atoms. The minimum absolute atomic E-state index is 0.125. The third-order valence-electron chi connectivity index (χ3n) is 12.2. The molecule has 0 aromatic rings. The molecule has 0 saturated carbocycles. The van der Waals surface area contributed by atoms with Crippen molar-refractivity contribution in [3.05, 3.63) is 170 Å². The standard InChI is InChI=1S/C71H110O6/c1-4-7-10-13-16-19-22-25-28-30-32-33-34-35-36-37-39-40-43-46-49-52-55-58-61-64-70(73)76-67-68(66-75-69(72)63-60-57-54-51-48-45-42-27-24-21-18-15-12-9-6-3)77-71(74)65-62-59-56-53-50-47-44-41-38-31-29-26-23-20-17-14-11-8-5-2/h7-12,16-21,25-29,32-33,35-36,38,41-42,47,50,56,59,68H,4-6,13-15,22-24,30-31,34,37,39-40,43-46,48-49,51-55,57-58,60-67H2,1-3H3/b10-7-,11-8-,12-9-,19-16-,20-17-,21-18-,28-25-,29-26-,33-32-,36-35-,41-38-,42-27-,50-47-,59-56-. The normalized spacial score (nSPS) is 13.3. The molecule has 0 aliphatic heterocycles. The highest BCUT2D eigenvalue weighted by Crippen LogP contribution is 2.14. The van der Waals surface area contributed by atoms with E-state index in [9.17, 15) is 14.4 Å². The van der Waals surface area contributed by atoms with Crippen molar-refractivity contribution in [1.82, 2.24) is 0 Å². The van der Waals surface area contributed by atoms with E-state index in [4.69, 9.17) is 14.2 Å². The minimum Gasteiger partial charge on any atom is -0.462 e. The molecule has 1 unspecified atom stereocenters. The summed E-state index contributed by atoms with van der Waals surface area (Å²) >= 11 is 0. The van der Waals surface area contributed by atoms with E-state index in [0.717, 1.165) is 154 Å². The number of allylic oxidation sites excluding steroid dienone is 28. The number of unbranched alkanes of at least 4 members (excludes halogenated alkanes) is 14. The van der Waals surface area contributed by atoms with Crippen LogP contribution in [0, 0.1) is 0 Å². The monoisotopic (exact) mass is 1060 g/mol. The van der Waals surface area contributed by atoms with Gasteiger partial charge in [-0.3, -0.25) is 14.4 Å². The maximum Gasteiger partial charge on any atom is 0.306 e. The van der Waals surface area contributed by atoms with Crippen molar-refractivity contribution in [1.29, 1.82) is 0 Å². The molecular weight excluding hydrogens is 949 g/mol. The summed E-state index contributed by atoms with van der Waals surface area (Å²) in [6, 6.07) is 0. The molecule has 0 aromatic carbocycles. The maximum atomic E-state index is 12.9. The summed E-state index contributed by atoms with van der Waals surface area (Å²) in [6.07, 6.45) is 93.6. The molecule has 0 amide bonds. The zero-order valence-corrected chi connectivity index (χ0v) is 49.1. The second-order valence-electron chi connectivity index (χ2n) is 19.5. The number of carbonyl (C=O) groups excluding carboxylic acids is 3. The van der Waals surface area contributed by atoms with Gasteiger partial charge in [0.2, 0.25) is 0 Å². The van der Waals surface area contributed by atoms with Gasteiger partial charge in [0.05, 0.1) is 0 Å². The fraction of sp³-hybridized carbons (Fsp3) is 0.563. The quantitative estimate of drug-likeness (QED) is 0.0261. The molecule has 0 radical (unpaired) electrons. The van der Waals surface area contributed by atoms with Crippen LogP contribution in [0.3, 0.4) is 0 Å². The number of carbonyl (C=O) groups is 3. The Labute approximate surface area is 472 Å². The van der Waals surface area contributed by atoms with Gasteiger partial charge in [0.15, 0.2) is 6.10 Å². The molecule has 0 saturated heterocycles. The second kappa shape index (κ2) is 63.3. The van der Waals surface area contributed by atoms with Crippen LogP contribution in [0.5, 0.6) is 0 Å². The third kappa shape index (κ3) is 61.5. The Morgan fingerprint density at radius 1 is 0.260 bits per heavy atom. The maximum absolute atomic E-state index is 12.9. The fourth-order valence-corrected chi connectivity index (χ4v) is 7.74. The highest BCUT2D eigenvalue weighted by molar-refractivity contribution is 5.71. The van der Waals surface area contributed by atoms with Crippen molar-refractivity contribution in [3.8, 4) is 0 Å². The average Bonchev–Trinajstić information content (AvgIpc) is 3.43. The highest BCUT2D eigenvalue weighted by atomic mass is 16.6. The summed E-state index contributed by atoms with van der Waals surface area (Å²) in [5, 5.41) is 0. The van der Waals surface area contributed by atoms with Crippen molar-refractivity contribution in [3.63, 3.8) is 0 Å². The molecule has 0 N–H and O–H groups in total. The molecule has 0 heterocycles. The minimum atomic E-state index is -0.839. The lowest BCUT2D eigenvalue weighted by Crippen LogP contribution is -2.30. The van der Waals surface area contributed by atoms with Gasteiger partial charge in [0.1, 0.15) is 13.2 Å². The Morgan fingerprint density at radius 3 is 0.779 bits per heavy atom. The van der Waals surface area contributed by atoms with Gasteiger partial charge in [-0.2, -0.15) is 0 Å². The average molecular weight is 1060 g/mol. The molecule has 0 fully saturated rings. The zero-order valence-electron chi connectivity index (χ0n) is 49.1. The van der Waals surface area contributed by atoms with Crippen LogP contribution in [-0.4, -0.2) is 37.2 Å². The van der Waals surface area contributed by atoms with Gasteiger partial charge < -0.3 is 14.2 Å². The molecular formula is C71H110O6. The zero-order chi connectivity index (χ0) is 55.7. The second-order valence-corrected chi connectivity index (χ2v) is 19.5. The Hall–Kier alpha value is -5.23. The van der Waals surface area contributed by atoms with E-state index >= 15 is 0 Å². The van der Waals surface area contributed by atoms with Crippen LogP contribution >= 0.6 is 0 Å². The van der Waals surface area contributed by atoms with E-state index in [-0.39, 0.29) is 31.6 Å². The first kappa shape index (κ1) is 71.8. The van der Waals surface area contributed by atoms with Crippen LogP contribution in [0.1, 0.15) is 239 Å². The van der Waals surface area contributed by atoms with Crippen molar-refractivity contribution in [2.24, 2.45) is 0 Å². The Kier molecular flexibility index (Phi) is 59.0. The third-order valence-corrected chi connectivity index (χ3v) is 12.2. The van der Waals surface area contributed by atoms with Crippen LogP contribution in [0.2, 0.25) is 0 Å². The molecule has 6 nitrogen and oxygen atoms in total.